The fourth-order valence-electron chi connectivity index (χ4n) is 3.75. The van der Waals surface area contributed by atoms with Crippen molar-refractivity contribution in [3.63, 3.8) is 0 Å². The van der Waals surface area contributed by atoms with Crippen LogP contribution in [0.15, 0.2) is 0 Å². The van der Waals surface area contributed by atoms with E-state index in [0.717, 1.165) is 25.7 Å². The SMILES string of the molecule is COC(=O)CC(C)NC(=O)C1CC2CCCC(C1)C2N.Cl. The van der Waals surface area contributed by atoms with Crippen molar-refractivity contribution in [2.24, 2.45) is 23.5 Å². The minimum Gasteiger partial charge on any atom is -0.469 e. The summed E-state index contributed by atoms with van der Waals surface area (Å²) < 4.78 is 4.62. The van der Waals surface area contributed by atoms with Gasteiger partial charge in [0, 0.05) is 18.0 Å². The summed E-state index contributed by atoms with van der Waals surface area (Å²) in [7, 11) is 1.36. The number of amides is 1. The number of methoxy groups -OCH3 is 1. The van der Waals surface area contributed by atoms with Crippen molar-refractivity contribution in [1.29, 1.82) is 0 Å². The van der Waals surface area contributed by atoms with Crippen LogP contribution in [0.1, 0.15) is 45.4 Å². The first kappa shape index (κ1) is 18.2. The van der Waals surface area contributed by atoms with Crippen molar-refractivity contribution in [2.75, 3.05) is 7.11 Å². The number of carbonyl (C=O) groups is 2. The zero-order valence-corrected chi connectivity index (χ0v) is 13.7. The Labute approximate surface area is 132 Å². The fraction of sp³-hybridized carbons (Fsp3) is 0.867. The van der Waals surface area contributed by atoms with E-state index in [9.17, 15) is 9.59 Å². The van der Waals surface area contributed by atoms with E-state index >= 15 is 0 Å². The summed E-state index contributed by atoms with van der Waals surface area (Å²) in [5.74, 6) is 0.832. The van der Waals surface area contributed by atoms with Crippen LogP contribution < -0.4 is 11.1 Å². The molecule has 3 atom stereocenters. The maximum atomic E-state index is 12.3. The van der Waals surface area contributed by atoms with E-state index in [-0.39, 0.29) is 48.7 Å². The Kier molecular flexibility index (Phi) is 6.94. The molecule has 0 spiro atoms. The second kappa shape index (κ2) is 7.99. The molecule has 0 radical (unpaired) electrons. The van der Waals surface area contributed by atoms with Crippen LogP contribution in [0.25, 0.3) is 0 Å². The Bertz CT molecular complexity index is 364. The van der Waals surface area contributed by atoms with Gasteiger partial charge in [-0.2, -0.15) is 0 Å². The molecule has 3 unspecified atom stereocenters. The predicted octanol–water partition coefficient (Wildman–Crippen LogP) is 1.63. The molecule has 0 aromatic carbocycles. The van der Waals surface area contributed by atoms with E-state index in [0.29, 0.717) is 11.8 Å². The Balaban J connectivity index is 0.00000220. The fourth-order valence-corrected chi connectivity index (χ4v) is 3.75. The summed E-state index contributed by atoms with van der Waals surface area (Å²) in [6.45, 7) is 1.84. The second-order valence-corrected chi connectivity index (χ2v) is 6.39. The number of nitrogens with two attached hydrogens (primary N) is 1. The van der Waals surface area contributed by atoms with E-state index < -0.39 is 0 Å². The van der Waals surface area contributed by atoms with Gasteiger partial charge in [0.25, 0.3) is 0 Å². The molecule has 2 fully saturated rings. The van der Waals surface area contributed by atoms with Crippen LogP contribution in [0.2, 0.25) is 0 Å². The minimum absolute atomic E-state index is 0. The van der Waals surface area contributed by atoms with E-state index in [1.807, 2.05) is 6.92 Å². The van der Waals surface area contributed by atoms with Crippen molar-refractivity contribution in [3.8, 4) is 0 Å². The highest BCUT2D eigenvalue weighted by molar-refractivity contribution is 5.85. The zero-order valence-electron chi connectivity index (χ0n) is 12.8. The summed E-state index contributed by atoms with van der Waals surface area (Å²) in [5.41, 5.74) is 6.24. The Hall–Kier alpha value is -0.810. The van der Waals surface area contributed by atoms with Crippen LogP contribution in [-0.2, 0) is 14.3 Å². The van der Waals surface area contributed by atoms with Crippen molar-refractivity contribution in [2.45, 2.75) is 57.5 Å². The largest absolute Gasteiger partial charge is 0.469 e. The summed E-state index contributed by atoms with van der Waals surface area (Å²) in [5, 5.41) is 2.94. The van der Waals surface area contributed by atoms with Gasteiger partial charge >= 0.3 is 5.97 Å². The Morgan fingerprint density at radius 3 is 2.38 bits per heavy atom. The van der Waals surface area contributed by atoms with Crippen LogP contribution in [0.4, 0.5) is 0 Å². The number of carbonyl (C=O) groups excluding carboxylic acids is 2. The molecule has 2 rings (SSSR count). The minimum atomic E-state index is -0.291. The maximum Gasteiger partial charge on any atom is 0.307 e. The van der Waals surface area contributed by atoms with Gasteiger partial charge in [0.1, 0.15) is 0 Å². The van der Waals surface area contributed by atoms with Gasteiger partial charge in [-0.15, -0.1) is 12.4 Å². The van der Waals surface area contributed by atoms with E-state index in [4.69, 9.17) is 5.73 Å². The lowest BCUT2D eigenvalue weighted by Gasteiger charge is -2.43. The first-order valence-electron chi connectivity index (χ1n) is 7.64. The number of halogens is 1. The molecule has 122 valence electrons. The van der Waals surface area contributed by atoms with E-state index in [1.165, 1.54) is 13.5 Å². The molecule has 1 amide bonds. The van der Waals surface area contributed by atoms with Gasteiger partial charge in [0.2, 0.25) is 5.91 Å². The average Bonchev–Trinajstić information content (AvgIpc) is 2.37. The topological polar surface area (TPSA) is 81.4 Å². The highest BCUT2D eigenvalue weighted by Crippen LogP contribution is 2.41. The molecule has 0 heterocycles. The number of fused-ring (bicyclic) bond motifs is 2. The maximum absolute atomic E-state index is 12.3. The molecule has 6 heteroatoms. The molecule has 21 heavy (non-hydrogen) atoms. The Morgan fingerprint density at radius 2 is 1.86 bits per heavy atom. The molecular weight excluding hydrogens is 292 g/mol. The van der Waals surface area contributed by atoms with Crippen molar-refractivity contribution in [3.05, 3.63) is 0 Å². The third-order valence-corrected chi connectivity index (χ3v) is 4.87. The molecule has 2 saturated carbocycles. The van der Waals surface area contributed by atoms with Crippen LogP contribution in [-0.4, -0.2) is 31.1 Å². The van der Waals surface area contributed by atoms with E-state index in [1.54, 1.807) is 0 Å². The molecule has 2 aliphatic carbocycles. The molecule has 2 bridgehead atoms. The lowest BCUT2D eigenvalue weighted by atomic mass is 9.65. The molecular formula is C15H27ClN2O3. The van der Waals surface area contributed by atoms with Crippen molar-refractivity contribution >= 4 is 24.3 Å². The summed E-state index contributed by atoms with van der Waals surface area (Å²) in [6, 6.07) is 0.102. The molecule has 2 aliphatic rings. The lowest BCUT2D eigenvalue weighted by Crippen LogP contribution is -2.50. The zero-order chi connectivity index (χ0) is 14.7. The number of nitrogens with one attached hydrogen (secondary N) is 1. The molecule has 0 aliphatic heterocycles. The quantitative estimate of drug-likeness (QED) is 0.772. The number of ether oxygens (including phenoxy) is 1. The summed E-state index contributed by atoms with van der Waals surface area (Å²) in [4.78, 5) is 23.5. The molecule has 3 N–H and O–H groups in total. The lowest BCUT2D eigenvalue weighted by molar-refractivity contribution is -0.141. The van der Waals surface area contributed by atoms with Crippen LogP contribution in [0, 0.1) is 17.8 Å². The standard InChI is InChI=1S/C15H26N2O3.ClH/c1-9(6-13(18)20-2)17-15(19)12-7-10-4-3-5-11(8-12)14(10)16;/h9-12,14H,3-8,16H2,1-2H3,(H,17,19);1H. The number of hydrogen-bond acceptors (Lipinski definition) is 4. The predicted molar refractivity (Wildman–Crippen MR) is 83.0 cm³/mol. The van der Waals surface area contributed by atoms with Gasteiger partial charge in [-0.05, 0) is 44.4 Å². The van der Waals surface area contributed by atoms with Crippen LogP contribution in [0.3, 0.4) is 0 Å². The van der Waals surface area contributed by atoms with Crippen LogP contribution in [0.5, 0.6) is 0 Å². The van der Waals surface area contributed by atoms with Gasteiger partial charge in [0.15, 0.2) is 0 Å². The highest BCUT2D eigenvalue weighted by Gasteiger charge is 2.40. The monoisotopic (exact) mass is 318 g/mol. The first-order valence-corrected chi connectivity index (χ1v) is 7.64. The third kappa shape index (κ3) is 4.58. The van der Waals surface area contributed by atoms with Gasteiger partial charge < -0.3 is 15.8 Å². The van der Waals surface area contributed by atoms with Gasteiger partial charge in [-0.25, -0.2) is 0 Å². The number of hydrogen-bond donors (Lipinski definition) is 2. The van der Waals surface area contributed by atoms with Gasteiger partial charge in [-0.1, -0.05) is 6.42 Å². The molecule has 0 saturated heterocycles. The van der Waals surface area contributed by atoms with Gasteiger partial charge in [-0.3, -0.25) is 9.59 Å². The van der Waals surface area contributed by atoms with Gasteiger partial charge in [0.05, 0.1) is 13.5 Å². The third-order valence-electron chi connectivity index (χ3n) is 4.87. The van der Waals surface area contributed by atoms with Crippen molar-refractivity contribution < 1.29 is 14.3 Å². The highest BCUT2D eigenvalue weighted by atomic mass is 35.5. The van der Waals surface area contributed by atoms with Crippen LogP contribution >= 0.6 is 12.4 Å². The smallest absolute Gasteiger partial charge is 0.307 e. The summed E-state index contributed by atoms with van der Waals surface area (Å²) in [6.07, 6.45) is 5.57. The Morgan fingerprint density at radius 1 is 1.29 bits per heavy atom. The second-order valence-electron chi connectivity index (χ2n) is 6.39. The van der Waals surface area contributed by atoms with Crippen molar-refractivity contribution in [1.82, 2.24) is 5.32 Å². The average molecular weight is 319 g/mol. The number of rotatable bonds is 4. The molecule has 0 aromatic heterocycles. The molecule has 5 nitrogen and oxygen atoms in total. The first-order chi connectivity index (χ1) is 9.51. The normalized spacial score (nSPS) is 32.5. The summed E-state index contributed by atoms with van der Waals surface area (Å²) >= 11 is 0. The molecule has 0 aromatic rings. The number of esters is 1. The van der Waals surface area contributed by atoms with E-state index in [2.05, 4.69) is 10.1 Å².